The summed E-state index contributed by atoms with van der Waals surface area (Å²) in [5.74, 6) is 0.957. The lowest BCUT2D eigenvalue weighted by Gasteiger charge is -2.25. The van der Waals surface area contributed by atoms with E-state index in [1.165, 1.54) is 22.5 Å². The smallest absolute Gasteiger partial charge is 0.142 e. The van der Waals surface area contributed by atoms with Crippen LogP contribution in [0.25, 0.3) is 10.6 Å². The fourth-order valence-electron chi connectivity index (χ4n) is 3.81. The molecule has 5 heteroatoms. The number of methoxy groups -OCH3 is 1. The molecule has 0 bridgehead atoms. The fraction of sp³-hybridized carbons (Fsp3) is 0.348. The number of hydrogen-bond donors (Lipinski definition) is 0. The third-order valence-electron chi connectivity index (χ3n) is 5.33. The molecular formula is C23H27N3OS. The van der Waals surface area contributed by atoms with Crippen molar-refractivity contribution in [2.45, 2.75) is 19.9 Å². The van der Waals surface area contributed by atoms with Crippen LogP contribution in [0.2, 0.25) is 0 Å². The zero-order valence-electron chi connectivity index (χ0n) is 16.6. The van der Waals surface area contributed by atoms with Gasteiger partial charge in [0, 0.05) is 43.7 Å². The number of benzene rings is 2. The van der Waals surface area contributed by atoms with Gasteiger partial charge in [0.1, 0.15) is 10.8 Å². The van der Waals surface area contributed by atoms with Crippen LogP contribution in [0.4, 0.5) is 5.69 Å². The zero-order valence-corrected chi connectivity index (χ0v) is 17.4. The molecule has 1 aliphatic heterocycles. The van der Waals surface area contributed by atoms with Gasteiger partial charge >= 0.3 is 0 Å². The number of ether oxygens (including phenoxy) is 1. The van der Waals surface area contributed by atoms with Crippen molar-refractivity contribution in [3.63, 3.8) is 0 Å². The lowest BCUT2D eigenvalue weighted by atomic mass is 10.1. The maximum atomic E-state index is 5.55. The number of para-hydroxylation sites is 2. The molecule has 2 aromatic carbocycles. The standard InChI is InChI=1S/C23H27N3OS/c1-18-8-3-4-9-20(18)23-24-19(17-28-23)16-25-12-7-13-26(15-14-25)21-10-5-6-11-22(21)27-2/h3-6,8-11,17H,7,12-16H2,1-2H3. The highest BCUT2D eigenvalue weighted by atomic mass is 32.1. The summed E-state index contributed by atoms with van der Waals surface area (Å²) in [6.07, 6.45) is 1.15. The molecule has 28 heavy (non-hydrogen) atoms. The Labute approximate surface area is 171 Å². The first kappa shape index (κ1) is 19.0. The van der Waals surface area contributed by atoms with Crippen LogP contribution in [0.5, 0.6) is 5.75 Å². The van der Waals surface area contributed by atoms with Crippen LogP contribution in [-0.4, -0.2) is 43.2 Å². The molecule has 2 heterocycles. The molecule has 0 unspecified atom stereocenters. The normalized spacial score (nSPS) is 15.4. The highest BCUT2D eigenvalue weighted by Crippen LogP contribution is 2.29. The Bertz CT molecular complexity index is 923. The van der Waals surface area contributed by atoms with E-state index in [0.29, 0.717) is 0 Å². The maximum absolute atomic E-state index is 5.55. The maximum Gasteiger partial charge on any atom is 0.142 e. The number of nitrogens with zero attached hydrogens (tertiary/aromatic N) is 3. The predicted octanol–water partition coefficient (Wildman–Crippen LogP) is 4.84. The van der Waals surface area contributed by atoms with Gasteiger partial charge in [0.05, 0.1) is 18.5 Å². The summed E-state index contributed by atoms with van der Waals surface area (Å²) in [5.41, 5.74) is 4.90. The molecule has 0 saturated carbocycles. The quantitative estimate of drug-likeness (QED) is 0.620. The van der Waals surface area contributed by atoms with Gasteiger partial charge in [0.15, 0.2) is 0 Å². The van der Waals surface area contributed by atoms with Crippen molar-refractivity contribution in [3.05, 3.63) is 65.2 Å². The molecule has 1 saturated heterocycles. The minimum atomic E-state index is 0.919. The van der Waals surface area contributed by atoms with Gasteiger partial charge in [-0.15, -0.1) is 11.3 Å². The van der Waals surface area contributed by atoms with Gasteiger partial charge in [0.2, 0.25) is 0 Å². The Balaban J connectivity index is 1.41. The molecule has 4 rings (SSSR count). The van der Waals surface area contributed by atoms with E-state index in [1.807, 2.05) is 12.1 Å². The summed E-state index contributed by atoms with van der Waals surface area (Å²) in [6, 6.07) is 16.8. The molecule has 146 valence electrons. The molecule has 0 N–H and O–H groups in total. The Morgan fingerprint density at radius 1 is 1.00 bits per heavy atom. The Morgan fingerprint density at radius 3 is 2.68 bits per heavy atom. The molecule has 1 aliphatic rings. The number of rotatable bonds is 5. The van der Waals surface area contributed by atoms with Crippen LogP contribution in [0.3, 0.4) is 0 Å². The predicted molar refractivity (Wildman–Crippen MR) is 117 cm³/mol. The van der Waals surface area contributed by atoms with Crippen LogP contribution in [-0.2, 0) is 6.54 Å². The molecular weight excluding hydrogens is 366 g/mol. The van der Waals surface area contributed by atoms with Crippen molar-refractivity contribution in [1.29, 1.82) is 0 Å². The largest absolute Gasteiger partial charge is 0.495 e. The van der Waals surface area contributed by atoms with E-state index in [9.17, 15) is 0 Å². The summed E-state index contributed by atoms with van der Waals surface area (Å²) < 4.78 is 5.55. The molecule has 0 atom stereocenters. The molecule has 0 aliphatic carbocycles. The Hall–Kier alpha value is -2.37. The average molecular weight is 394 g/mol. The third-order valence-corrected chi connectivity index (χ3v) is 6.25. The van der Waals surface area contributed by atoms with Crippen molar-refractivity contribution in [2.24, 2.45) is 0 Å². The Kier molecular flexibility index (Phi) is 5.93. The van der Waals surface area contributed by atoms with Gasteiger partial charge in [-0.2, -0.15) is 0 Å². The monoisotopic (exact) mass is 393 g/mol. The first-order valence-electron chi connectivity index (χ1n) is 9.85. The van der Waals surface area contributed by atoms with Gasteiger partial charge in [-0.25, -0.2) is 4.98 Å². The average Bonchev–Trinajstić information content (AvgIpc) is 3.06. The van der Waals surface area contributed by atoms with Crippen molar-refractivity contribution < 1.29 is 4.74 Å². The topological polar surface area (TPSA) is 28.6 Å². The third kappa shape index (κ3) is 4.21. The second-order valence-electron chi connectivity index (χ2n) is 7.25. The molecule has 0 amide bonds. The van der Waals surface area contributed by atoms with Gasteiger partial charge in [0.25, 0.3) is 0 Å². The van der Waals surface area contributed by atoms with Crippen LogP contribution in [0, 0.1) is 6.92 Å². The highest BCUT2D eigenvalue weighted by Gasteiger charge is 2.18. The van der Waals surface area contributed by atoms with Crippen molar-refractivity contribution in [3.8, 4) is 16.3 Å². The molecule has 1 aromatic heterocycles. The number of aryl methyl sites for hydroxylation is 1. The van der Waals surface area contributed by atoms with Crippen LogP contribution in [0.1, 0.15) is 17.7 Å². The highest BCUT2D eigenvalue weighted by molar-refractivity contribution is 7.13. The summed E-state index contributed by atoms with van der Waals surface area (Å²) in [5, 5.41) is 3.34. The summed E-state index contributed by atoms with van der Waals surface area (Å²) in [7, 11) is 1.75. The number of anilines is 1. The second-order valence-corrected chi connectivity index (χ2v) is 8.11. The summed E-state index contributed by atoms with van der Waals surface area (Å²) >= 11 is 1.75. The second kappa shape index (κ2) is 8.76. The molecule has 4 nitrogen and oxygen atoms in total. The SMILES string of the molecule is COc1ccccc1N1CCCN(Cc2csc(-c3ccccc3C)n2)CC1. The van der Waals surface area contributed by atoms with Gasteiger partial charge in [-0.3, -0.25) is 4.90 Å². The van der Waals surface area contributed by atoms with E-state index >= 15 is 0 Å². The van der Waals surface area contributed by atoms with E-state index < -0.39 is 0 Å². The number of aromatic nitrogens is 1. The van der Waals surface area contributed by atoms with Gasteiger partial charge < -0.3 is 9.64 Å². The fourth-order valence-corrected chi connectivity index (χ4v) is 4.71. The minimum absolute atomic E-state index is 0.919. The number of hydrogen-bond acceptors (Lipinski definition) is 5. The van der Waals surface area contributed by atoms with E-state index in [0.717, 1.165) is 49.9 Å². The zero-order chi connectivity index (χ0) is 19.3. The summed E-state index contributed by atoms with van der Waals surface area (Å²) in [6.45, 7) is 7.27. The first-order valence-corrected chi connectivity index (χ1v) is 10.7. The summed E-state index contributed by atoms with van der Waals surface area (Å²) in [4.78, 5) is 9.88. The van der Waals surface area contributed by atoms with E-state index in [-0.39, 0.29) is 0 Å². The molecule has 0 radical (unpaired) electrons. The lowest BCUT2D eigenvalue weighted by Crippen LogP contribution is -2.30. The van der Waals surface area contributed by atoms with Gasteiger partial charge in [-0.1, -0.05) is 36.4 Å². The first-order chi connectivity index (χ1) is 13.7. The van der Waals surface area contributed by atoms with Crippen molar-refractivity contribution in [1.82, 2.24) is 9.88 Å². The molecule has 1 fully saturated rings. The lowest BCUT2D eigenvalue weighted by molar-refractivity contribution is 0.282. The van der Waals surface area contributed by atoms with Crippen LogP contribution in [0.15, 0.2) is 53.9 Å². The Morgan fingerprint density at radius 2 is 1.82 bits per heavy atom. The van der Waals surface area contributed by atoms with Gasteiger partial charge in [-0.05, 0) is 31.0 Å². The minimum Gasteiger partial charge on any atom is -0.495 e. The van der Waals surface area contributed by atoms with Crippen LogP contribution >= 0.6 is 11.3 Å². The van der Waals surface area contributed by atoms with Crippen molar-refractivity contribution >= 4 is 17.0 Å². The van der Waals surface area contributed by atoms with E-state index in [2.05, 4.69) is 58.5 Å². The molecule has 0 spiro atoms. The van der Waals surface area contributed by atoms with Crippen LogP contribution < -0.4 is 9.64 Å². The van der Waals surface area contributed by atoms with Crippen molar-refractivity contribution in [2.75, 3.05) is 38.2 Å². The van der Waals surface area contributed by atoms with E-state index in [1.54, 1.807) is 18.4 Å². The van der Waals surface area contributed by atoms with E-state index in [4.69, 9.17) is 9.72 Å². The number of thiazole rings is 1. The molecule has 3 aromatic rings.